The molecule has 9 heteroatoms. The number of hydrogen-bond donors (Lipinski definition) is 2. The van der Waals surface area contributed by atoms with Crippen LogP contribution in [0.1, 0.15) is 25.6 Å². The van der Waals surface area contributed by atoms with Gasteiger partial charge in [-0.3, -0.25) is 0 Å². The summed E-state index contributed by atoms with van der Waals surface area (Å²) >= 11 is 0. The molecule has 168 valence electrons. The van der Waals surface area contributed by atoms with Gasteiger partial charge >= 0.3 is 0 Å². The van der Waals surface area contributed by atoms with E-state index in [1.165, 1.54) is 18.4 Å². The largest absolute Gasteiger partial charge is 0.492 e. The lowest BCUT2D eigenvalue weighted by Gasteiger charge is -2.16. The number of hydrogen-bond acceptors (Lipinski definition) is 5. The average molecular weight is 557 g/mol. The van der Waals surface area contributed by atoms with Crippen LogP contribution in [-0.2, 0) is 9.84 Å². The fraction of sp³-hybridized carbons (Fsp3) is 0.318. The van der Waals surface area contributed by atoms with Crippen molar-refractivity contribution in [2.75, 3.05) is 26.0 Å². The Morgan fingerprint density at radius 1 is 1.16 bits per heavy atom. The van der Waals surface area contributed by atoms with Crippen LogP contribution in [-0.4, -0.2) is 40.3 Å². The Hall–Kier alpha value is -2.27. The Bertz CT molecular complexity index is 1080. The van der Waals surface area contributed by atoms with Gasteiger partial charge in [-0.2, -0.15) is 0 Å². The molecule has 1 unspecified atom stereocenters. The zero-order valence-corrected chi connectivity index (χ0v) is 20.9. The van der Waals surface area contributed by atoms with Gasteiger partial charge in [0.05, 0.1) is 17.5 Å². The molecule has 1 heterocycles. The van der Waals surface area contributed by atoms with Gasteiger partial charge in [-0.05, 0) is 50.2 Å². The maximum absolute atomic E-state index is 11.5. The van der Waals surface area contributed by atoms with Crippen LogP contribution in [0.15, 0.2) is 68.9 Å². The second-order valence-electron chi connectivity index (χ2n) is 6.91. The van der Waals surface area contributed by atoms with Crippen LogP contribution in [0.25, 0.3) is 11.0 Å². The molecule has 3 rings (SSSR count). The predicted octanol–water partition coefficient (Wildman–Crippen LogP) is 4.15. The van der Waals surface area contributed by atoms with E-state index in [9.17, 15) is 8.42 Å². The molecule has 0 aliphatic carbocycles. The van der Waals surface area contributed by atoms with Gasteiger partial charge < -0.3 is 19.8 Å². The van der Waals surface area contributed by atoms with Crippen molar-refractivity contribution in [3.8, 4) is 5.75 Å². The fourth-order valence-electron chi connectivity index (χ4n) is 2.92. The number of rotatable bonds is 8. The van der Waals surface area contributed by atoms with Crippen molar-refractivity contribution in [1.82, 2.24) is 10.6 Å². The van der Waals surface area contributed by atoms with Crippen molar-refractivity contribution >= 4 is 50.7 Å². The Labute approximate surface area is 200 Å². The highest BCUT2D eigenvalue weighted by atomic mass is 127. The maximum atomic E-state index is 11.5. The molecule has 0 saturated carbocycles. The third-order valence-electron chi connectivity index (χ3n) is 4.45. The third-order valence-corrected chi connectivity index (χ3v) is 5.58. The number of aliphatic imine (C=N–C) groups is 1. The van der Waals surface area contributed by atoms with E-state index in [4.69, 9.17) is 9.15 Å². The summed E-state index contributed by atoms with van der Waals surface area (Å²) in [5.74, 6) is 2.11. The Morgan fingerprint density at radius 3 is 2.52 bits per heavy atom. The van der Waals surface area contributed by atoms with E-state index in [-0.39, 0.29) is 34.9 Å². The van der Waals surface area contributed by atoms with Gasteiger partial charge in [0.15, 0.2) is 15.8 Å². The predicted molar refractivity (Wildman–Crippen MR) is 134 cm³/mol. The standard InChI is InChI=1S/C22H27N3O4S.HI/c1-4-23-22(25-16(2)21-15-17-7-5-6-8-20(17)29-21)24-13-14-28-18-9-11-19(12-10-18)30(3,26)27;/h5-12,15-16H,4,13-14H2,1-3H3,(H2,23,24,25);1H. The zero-order chi connectivity index (χ0) is 21.6. The highest BCUT2D eigenvalue weighted by Crippen LogP contribution is 2.23. The first kappa shape index (κ1) is 25.0. The molecule has 1 atom stereocenters. The molecule has 0 aliphatic heterocycles. The highest BCUT2D eigenvalue weighted by Gasteiger charge is 2.13. The molecule has 0 fully saturated rings. The van der Waals surface area contributed by atoms with Gasteiger partial charge in [-0.15, -0.1) is 24.0 Å². The van der Waals surface area contributed by atoms with E-state index in [2.05, 4.69) is 15.6 Å². The van der Waals surface area contributed by atoms with Crippen molar-refractivity contribution in [1.29, 1.82) is 0 Å². The first-order chi connectivity index (χ1) is 14.4. The third kappa shape index (κ3) is 7.13. The highest BCUT2D eigenvalue weighted by molar-refractivity contribution is 14.0. The van der Waals surface area contributed by atoms with Gasteiger partial charge in [-0.25, -0.2) is 13.4 Å². The number of ether oxygens (including phenoxy) is 1. The summed E-state index contributed by atoms with van der Waals surface area (Å²) in [6.07, 6.45) is 1.18. The molecule has 0 bridgehead atoms. The lowest BCUT2D eigenvalue weighted by molar-refractivity contribution is 0.328. The molecular formula is C22H28IN3O4S. The molecule has 0 spiro atoms. The minimum absolute atomic E-state index is 0. The number of nitrogens with zero attached hydrogens (tertiary/aromatic N) is 1. The smallest absolute Gasteiger partial charge is 0.191 e. The topological polar surface area (TPSA) is 92.9 Å². The SMILES string of the molecule is CCNC(=NCCOc1ccc(S(C)(=O)=O)cc1)NC(C)c1cc2ccccc2o1.I. The normalized spacial score (nSPS) is 12.8. The molecular weight excluding hydrogens is 529 g/mol. The van der Waals surface area contributed by atoms with E-state index < -0.39 is 9.84 Å². The van der Waals surface area contributed by atoms with E-state index in [0.717, 1.165) is 23.3 Å². The molecule has 31 heavy (non-hydrogen) atoms. The number of fused-ring (bicyclic) bond motifs is 1. The Morgan fingerprint density at radius 2 is 1.87 bits per heavy atom. The van der Waals surface area contributed by atoms with Crippen LogP contribution < -0.4 is 15.4 Å². The summed E-state index contributed by atoms with van der Waals surface area (Å²) in [4.78, 5) is 4.81. The van der Waals surface area contributed by atoms with E-state index in [1.54, 1.807) is 12.1 Å². The quantitative estimate of drug-likeness (QED) is 0.187. The number of guanidine groups is 1. The molecule has 0 saturated heterocycles. The second kappa shape index (κ2) is 11.4. The molecule has 3 aromatic rings. The van der Waals surface area contributed by atoms with E-state index in [1.807, 2.05) is 44.2 Å². The van der Waals surface area contributed by atoms with Crippen LogP contribution in [0.3, 0.4) is 0 Å². The second-order valence-corrected chi connectivity index (χ2v) is 8.92. The molecule has 2 aromatic carbocycles. The first-order valence-electron chi connectivity index (χ1n) is 9.83. The number of para-hydroxylation sites is 1. The molecule has 0 aliphatic rings. The summed E-state index contributed by atoms with van der Waals surface area (Å²) in [5, 5.41) is 7.62. The molecule has 1 aromatic heterocycles. The minimum atomic E-state index is -3.21. The summed E-state index contributed by atoms with van der Waals surface area (Å²) in [7, 11) is -3.21. The van der Waals surface area contributed by atoms with Gasteiger partial charge in [0.1, 0.15) is 23.7 Å². The van der Waals surface area contributed by atoms with Crippen LogP contribution in [0.2, 0.25) is 0 Å². The summed E-state index contributed by atoms with van der Waals surface area (Å²) in [5.41, 5.74) is 0.860. The lowest BCUT2D eigenvalue weighted by Crippen LogP contribution is -2.39. The van der Waals surface area contributed by atoms with Crippen LogP contribution in [0.4, 0.5) is 0 Å². The van der Waals surface area contributed by atoms with E-state index in [0.29, 0.717) is 24.9 Å². The maximum Gasteiger partial charge on any atom is 0.191 e. The summed E-state index contributed by atoms with van der Waals surface area (Å²) in [6, 6.07) is 16.2. The monoisotopic (exact) mass is 557 g/mol. The van der Waals surface area contributed by atoms with Crippen molar-refractivity contribution in [2.24, 2.45) is 4.99 Å². The summed E-state index contributed by atoms with van der Waals surface area (Å²) in [6.45, 7) is 5.56. The molecule has 0 radical (unpaired) electrons. The zero-order valence-electron chi connectivity index (χ0n) is 17.8. The number of furan rings is 1. The lowest BCUT2D eigenvalue weighted by atomic mass is 10.2. The fourth-order valence-corrected chi connectivity index (χ4v) is 3.55. The van der Waals surface area contributed by atoms with Gasteiger partial charge in [0.2, 0.25) is 0 Å². The summed E-state index contributed by atoms with van der Waals surface area (Å²) < 4.78 is 34.6. The number of nitrogens with one attached hydrogen (secondary N) is 2. The van der Waals surface area contributed by atoms with Gasteiger partial charge in [-0.1, -0.05) is 18.2 Å². The van der Waals surface area contributed by atoms with Crippen LogP contribution >= 0.6 is 24.0 Å². The van der Waals surface area contributed by atoms with Crippen molar-refractivity contribution in [3.05, 3.63) is 60.4 Å². The molecule has 7 nitrogen and oxygen atoms in total. The van der Waals surface area contributed by atoms with Crippen LogP contribution in [0.5, 0.6) is 5.75 Å². The number of sulfone groups is 1. The van der Waals surface area contributed by atoms with Crippen molar-refractivity contribution in [3.63, 3.8) is 0 Å². The van der Waals surface area contributed by atoms with Crippen LogP contribution in [0, 0.1) is 0 Å². The number of benzene rings is 2. The van der Waals surface area contributed by atoms with Gasteiger partial charge in [0, 0.05) is 18.2 Å². The first-order valence-corrected chi connectivity index (χ1v) is 11.7. The van der Waals surface area contributed by atoms with E-state index >= 15 is 0 Å². The molecule has 2 N–H and O–H groups in total. The molecule has 0 amide bonds. The van der Waals surface area contributed by atoms with Crippen molar-refractivity contribution in [2.45, 2.75) is 24.8 Å². The Kier molecular flexibility index (Phi) is 9.17. The van der Waals surface area contributed by atoms with Crippen molar-refractivity contribution < 1.29 is 17.6 Å². The average Bonchev–Trinajstić information content (AvgIpc) is 3.15. The minimum Gasteiger partial charge on any atom is -0.492 e. The Balaban J connectivity index is 0.00000341. The van der Waals surface area contributed by atoms with Gasteiger partial charge in [0.25, 0.3) is 0 Å². The number of halogens is 1.